The van der Waals surface area contributed by atoms with Gasteiger partial charge >= 0.3 is 6.09 Å². The van der Waals surface area contributed by atoms with E-state index in [9.17, 15) is 4.79 Å². The first kappa shape index (κ1) is 27.1. The molecule has 0 radical (unpaired) electrons. The Hall–Kier alpha value is -3.08. The number of aromatic nitrogens is 2. The van der Waals surface area contributed by atoms with Gasteiger partial charge in [-0.05, 0) is 56.3 Å². The fraction of sp³-hybridized carbons (Fsp3) is 0.552. The predicted molar refractivity (Wildman–Crippen MR) is 155 cm³/mol. The number of anilines is 3. The van der Waals surface area contributed by atoms with E-state index in [0.29, 0.717) is 22.8 Å². The van der Waals surface area contributed by atoms with Crippen LogP contribution in [-0.4, -0.2) is 84.4 Å². The van der Waals surface area contributed by atoms with E-state index in [1.165, 1.54) is 17.5 Å². The van der Waals surface area contributed by atoms with E-state index >= 15 is 0 Å². The van der Waals surface area contributed by atoms with Gasteiger partial charge in [0.25, 0.3) is 0 Å². The number of primary amides is 1. The number of amides is 1. The molecule has 6 rings (SSSR count). The number of hydrogen-bond donors (Lipinski definition) is 3. The molecule has 1 aliphatic heterocycles. The van der Waals surface area contributed by atoms with Gasteiger partial charge < -0.3 is 30.7 Å². The smallest absolute Gasteiger partial charge is 0.404 e. The van der Waals surface area contributed by atoms with Gasteiger partial charge in [0.2, 0.25) is 5.95 Å². The van der Waals surface area contributed by atoms with E-state index in [1.54, 1.807) is 13.3 Å². The molecule has 1 unspecified atom stereocenters. The number of piperazine rings is 1. The van der Waals surface area contributed by atoms with Crippen LogP contribution in [0.3, 0.4) is 0 Å². The Kier molecular flexibility index (Phi) is 7.74. The summed E-state index contributed by atoms with van der Waals surface area (Å²) in [6, 6.07) is 4.68. The van der Waals surface area contributed by atoms with Crippen LogP contribution in [0.2, 0.25) is 5.02 Å². The number of methoxy groups -OCH3 is 1. The Bertz CT molecular complexity index is 1280. The number of ether oxygens (including phenoxy) is 2. The van der Waals surface area contributed by atoms with Gasteiger partial charge in [-0.15, -0.1) is 0 Å². The average Bonchev–Trinajstić information content (AvgIpc) is 3.47. The van der Waals surface area contributed by atoms with Crippen molar-refractivity contribution in [1.82, 2.24) is 19.8 Å². The molecule has 1 aromatic carbocycles. The average molecular weight is 568 g/mol. The maximum atomic E-state index is 11.5. The number of nitrogens with two attached hydrogens (primary N) is 1. The van der Waals surface area contributed by atoms with Crippen LogP contribution in [0.1, 0.15) is 30.4 Å². The molecule has 1 saturated carbocycles. The highest BCUT2D eigenvalue weighted by atomic mass is 35.5. The molecule has 0 spiro atoms. The van der Waals surface area contributed by atoms with Gasteiger partial charge in [0.15, 0.2) is 5.82 Å². The number of hydrogen-bond acceptors (Lipinski definition) is 9. The van der Waals surface area contributed by atoms with Crippen molar-refractivity contribution in [1.29, 1.82) is 0 Å². The molecule has 1 aromatic heterocycles. The van der Waals surface area contributed by atoms with Crippen molar-refractivity contribution in [3.05, 3.63) is 46.6 Å². The summed E-state index contributed by atoms with van der Waals surface area (Å²) in [7, 11) is 3.93. The summed E-state index contributed by atoms with van der Waals surface area (Å²) in [5.74, 6) is 2.06. The topological polar surface area (TPSA) is 118 Å². The van der Waals surface area contributed by atoms with Crippen LogP contribution in [0.5, 0.6) is 5.75 Å². The fourth-order valence-corrected chi connectivity index (χ4v) is 7.05. The molecule has 2 aromatic rings. The molecule has 214 valence electrons. The van der Waals surface area contributed by atoms with Gasteiger partial charge in [-0.25, -0.2) is 9.78 Å². The van der Waals surface area contributed by atoms with E-state index in [1.807, 2.05) is 0 Å². The Balaban J connectivity index is 1.18. The first-order valence-electron chi connectivity index (χ1n) is 14.2. The van der Waals surface area contributed by atoms with Crippen LogP contribution in [0.15, 0.2) is 30.5 Å². The number of rotatable bonds is 7. The zero-order valence-electron chi connectivity index (χ0n) is 23.1. The lowest BCUT2D eigenvalue weighted by molar-refractivity contribution is 0.0853. The second-order valence-corrected chi connectivity index (χ2v) is 11.8. The number of fused-ring (bicyclic) bond motifs is 3. The highest BCUT2D eigenvalue weighted by molar-refractivity contribution is 6.32. The molecule has 4 aliphatic rings. The second kappa shape index (κ2) is 11.4. The van der Waals surface area contributed by atoms with Crippen molar-refractivity contribution < 1.29 is 14.3 Å². The van der Waals surface area contributed by atoms with Crippen LogP contribution >= 0.6 is 11.6 Å². The van der Waals surface area contributed by atoms with E-state index in [-0.39, 0.29) is 24.0 Å². The number of halogens is 1. The number of nitrogens with zero attached hydrogens (tertiary/aromatic N) is 4. The SMILES string of the molecule is COc1c(Nc2ncc(Cl)c(N[C@H]3[C@@H](OC(N)=O)[C@@H]4C=C[C@H]3C4)n2)ccc2c1CCC(N1CCN(C)CC1)CC2. The number of carbonyl (C=O) groups is 1. The van der Waals surface area contributed by atoms with Crippen molar-refractivity contribution in [2.24, 2.45) is 17.6 Å². The van der Waals surface area contributed by atoms with Gasteiger partial charge in [0.05, 0.1) is 25.0 Å². The van der Waals surface area contributed by atoms with Crippen LogP contribution in [0, 0.1) is 11.8 Å². The largest absolute Gasteiger partial charge is 0.494 e. The van der Waals surface area contributed by atoms with E-state index in [2.05, 4.69) is 61.7 Å². The third kappa shape index (κ3) is 5.44. The van der Waals surface area contributed by atoms with Gasteiger partial charge in [-0.3, -0.25) is 4.90 Å². The third-order valence-electron chi connectivity index (χ3n) is 9.02. The maximum absolute atomic E-state index is 11.5. The van der Waals surface area contributed by atoms with E-state index in [4.69, 9.17) is 26.8 Å². The number of benzene rings is 1. The molecule has 2 heterocycles. The van der Waals surface area contributed by atoms with Gasteiger partial charge in [-0.1, -0.05) is 29.8 Å². The van der Waals surface area contributed by atoms with E-state index < -0.39 is 6.09 Å². The molecule has 5 atom stereocenters. The lowest BCUT2D eigenvalue weighted by Gasteiger charge is -2.37. The van der Waals surface area contributed by atoms with Crippen LogP contribution in [0.4, 0.5) is 22.2 Å². The molecule has 2 fully saturated rings. The van der Waals surface area contributed by atoms with Crippen molar-refractivity contribution in [2.45, 2.75) is 50.3 Å². The molecule has 1 amide bonds. The summed E-state index contributed by atoms with van der Waals surface area (Å²) in [4.78, 5) is 25.7. The first-order valence-corrected chi connectivity index (χ1v) is 14.6. The molecule has 3 aliphatic carbocycles. The monoisotopic (exact) mass is 567 g/mol. The summed E-state index contributed by atoms with van der Waals surface area (Å²) in [5, 5.41) is 7.15. The van der Waals surface area contributed by atoms with Crippen molar-refractivity contribution in [2.75, 3.05) is 51.0 Å². The van der Waals surface area contributed by atoms with Crippen molar-refractivity contribution in [3.63, 3.8) is 0 Å². The highest BCUT2D eigenvalue weighted by Crippen LogP contribution is 2.43. The molecular weight excluding hydrogens is 530 g/mol. The quantitative estimate of drug-likeness (QED) is 0.339. The Labute approximate surface area is 240 Å². The molecular formula is C29H38ClN7O3. The molecule has 4 N–H and O–H groups in total. The van der Waals surface area contributed by atoms with Crippen LogP contribution in [0.25, 0.3) is 0 Å². The highest BCUT2D eigenvalue weighted by Gasteiger charge is 2.47. The third-order valence-corrected chi connectivity index (χ3v) is 9.30. The summed E-state index contributed by atoms with van der Waals surface area (Å²) < 4.78 is 11.4. The fourth-order valence-electron chi connectivity index (χ4n) is 6.91. The molecule has 1 saturated heterocycles. The molecule has 2 bridgehead atoms. The van der Waals surface area contributed by atoms with Gasteiger partial charge in [-0.2, -0.15) is 4.98 Å². The maximum Gasteiger partial charge on any atom is 0.404 e. The zero-order chi connectivity index (χ0) is 27.8. The standard InChI is InChI=1S/C29H38ClN7O3/c1-36-11-13-37(14-12-36)20-7-5-17-6-10-23(26(39-2)21(17)9-8-20)33-29-32-16-22(30)27(35-29)34-24-18-3-4-19(15-18)25(24)40-28(31)38/h3-4,6,10,16,18-20,24-25H,5,7-9,11-15H2,1-2H3,(H2,31,38)(H2,32,33,34,35)/t18-,19+,20?,24+,25-/m0/s1. The van der Waals surface area contributed by atoms with Crippen molar-refractivity contribution in [3.8, 4) is 5.75 Å². The summed E-state index contributed by atoms with van der Waals surface area (Å²) in [6.07, 6.45) is 9.85. The predicted octanol–water partition coefficient (Wildman–Crippen LogP) is 3.83. The number of nitrogens with one attached hydrogen (secondary N) is 2. The molecule has 40 heavy (non-hydrogen) atoms. The van der Waals surface area contributed by atoms with Gasteiger partial charge in [0.1, 0.15) is 16.9 Å². The Morgan fingerprint density at radius 1 is 1.12 bits per heavy atom. The lowest BCUT2D eigenvalue weighted by atomic mass is 9.98. The van der Waals surface area contributed by atoms with Gasteiger partial charge in [0, 0.05) is 44.1 Å². The Morgan fingerprint density at radius 3 is 2.67 bits per heavy atom. The number of aryl methyl sites for hydroxylation is 1. The number of likely N-dealkylation sites (N-methyl/N-ethyl adjacent to an activating group) is 1. The Morgan fingerprint density at radius 2 is 1.90 bits per heavy atom. The normalized spacial score (nSPS) is 28.1. The molecule has 11 heteroatoms. The van der Waals surface area contributed by atoms with Crippen molar-refractivity contribution >= 4 is 35.1 Å². The number of carbonyl (C=O) groups excluding carboxylic acids is 1. The summed E-state index contributed by atoms with van der Waals surface area (Å²) in [6.45, 7) is 4.55. The minimum Gasteiger partial charge on any atom is -0.494 e. The first-order chi connectivity index (χ1) is 19.4. The second-order valence-electron chi connectivity index (χ2n) is 11.4. The lowest BCUT2D eigenvalue weighted by Crippen LogP contribution is -2.49. The molecule has 10 nitrogen and oxygen atoms in total. The zero-order valence-corrected chi connectivity index (χ0v) is 23.9. The van der Waals surface area contributed by atoms with E-state index in [0.717, 1.165) is 63.3 Å². The summed E-state index contributed by atoms with van der Waals surface area (Å²) >= 11 is 6.49. The van der Waals surface area contributed by atoms with Crippen LogP contribution < -0.4 is 21.1 Å². The summed E-state index contributed by atoms with van der Waals surface area (Å²) in [5.41, 5.74) is 8.78. The minimum atomic E-state index is -0.779. The van der Waals surface area contributed by atoms with Crippen LogP contribution in [-0.2, 0) is 17.6 Å². The minimum absolute atomic E-state index is 0.132.